The van der Waals surface area contributed by atoms with Crippen molar-refractivity contribution in [1.82, 2.24) is 0 Å². The van der Waals surface area contributed by atoms with Crippen LogP contribution in [0.15, 0.2) is 41.5 Å². The molecule has 5 rings (SSSR count). The van der Waals surface area contributed by atoms with E-state index in [0.29, 0.717) is 12.0 Å². The van der Waals surface area contributed by atoms with E-state index >= 15 is 0 Å². The van der Waals surface area contributed by atoms with Gasteiger partial charge in [0.1, 0.15) is 23.6 Å². The van der Waals surface area contributed by atoms with Crippen LogP contribution in [-0.2, 0) is 23.8 Å². The summed E-state index contributed by atoms with van der Waals surface area (Å²) in [4.78, 5) is 41.3. The molecule has 0 radical (unpaired) electrons. The fourth-order valence-corrected chi connectivity index (χ4v) is 8.69. The number of fused-ring (bicyclic) bond motifs is 5. The van der Waals surface area contributed by atoms with Gasteiger partial charge >= 0.3 is 11.9 Å². The number of rotatable bonds is 5. The van der Waals surface area contributed by atoms with E-state index in [2.05, 4.69) is 0 Å². The second-order valence-electron chi connectivity index (χ2n) is 13.3. The molecule has 3 N–H and O–H groups in total. The summed E-state index contributed by atoms with van der Waals surface area (Å²) >= 11 is 0. The Kier molecular flexibility index (Phi) is 7.29. The molecule has 3 fully saturated rings. The Hall–Kier alpha value is -2.59. The SMILES string of the molecule is CC(=O)O[C@@]12CO[C@@H]1C[C@H](C)[C@@]1(C)C(=O)[C@H](CO)C3=C(C)[C@@H](CO)C[C@@](O)([C@@H](OC(=O)c4ccccc4)C12)C3(C)C. The minimum absolute atomic E-state index is 0.0255. The number of benzene rings is 1. The molecule has 1 saturated heterocycles. The highest BCUT2D eigenvalue weighted by molar-refractivity contribution is 5.92. The van der Waals surface area contributed by atoms with E-state index in [-0.39, 0.29) is 36.9 Å². The smallest absolute Gasteiger partial charge is 0.338 e. The lowest BCUT2D eigenvalue weighted by molar-refractivity contribution is -0.339. The Morgan fingerprint density at radius 1 is 1.10 bits per heavy atom. The summed E-state index contributed by atoms with van der Waals surface area (Å²) in [6.45, 7) is 9.58. The van der Waals surface area contributed by atoms with Gasteiger partial charge in [-0.25, -0.2) is 4.79 Å². The van der Waals surface area contributed by atoms with Crippen LogP contribution in [0.1, 0.15) is 64.7 Å². The summed E-state index contributed by atoms with van der Waals surface area (Å²) in [5.41, 5.74) is -4.06. The molecule has 9 nitrogen and oxygen atoms in total. The molecule has 41 heavy (non-hydrogen) atoms. The number of aliphatic hydroxyl groups excluding tert-OH is 2. The number of hydrogen-bond donors (Lipinski definition) is 3. The van der Waals surface area contributed by atoms with E-state index in [0.717, 1.165) is 5.57 Å². The minimum Gasteiger partial charge on any atom is -0.455 e. The van der Waals surface area contributed by atoms with Crippen molar-refractivity contribution in [3.63, 3.8) is 0 Å². The molecule has 0 spiro atoms. The Balaban J connectivity index is 1.84. The van der Waals surface area contributed by atoms with Crippen molar-refractivity contribution in [3.05, 3.63) is 47.0 Å². The van der Waals surface area contributed by atoms with Crippen molar-refractivity contribution in [1.29, 1.82) is 0 Å². The number of Topliss-reactive ketones (excluding diaryl/α,β-unsaturated/α-hetero) is 1. The molecular weight excluding hydrogens is 528 g/mol. The predicted octanol–water partition coefficient (Wildman–Crippen LogP) is 2.85. The predicted molar refractivity (Wildman–Crippen MR) is 147 cm³/mol. The number of ketones is 1. The molecule has 1 aliphatic heterocycles. The first-order chi connectivity index (χ1) is 19.2. The van der Waals surface area contributed by atoms with Gasteiger partial charge in [-0.3, -0.25) is 9.59 Å². The van der Waals surface area contributed by atoms with Gasteiger partial charge in [0.25, 0.3) is 0 Å². The Labute approximate surface area is 240 Å². The minimum atomic E-state index is -1.82. The lowest BCUT2D eigenvalue weighted by atomic mass is 9.42. The van der Waals surface area contributed by atoms with Crippen LogP contribution in [0.5, 0.6) is 0 Å². The zero-order valence-corrected chi connectivity index (χ0v) is 24.7. The van der Waals surface area contributed by atoms with Gasteiger partial charge in [0.2, 0.25) is 0 Å². The first-order valence-electron chi connectivity index (χ1n) is 14.5. The van der Waals surface area contributed by atoms with E-state index < -0.39 is 70.5 Å². The highest BCUT2D eigenvalue weighted by Crippen LogP contribution is 2.66. The third-order valence-corrected chi connectivity index (χ3v) is 11.1. The second-order valence-corrected chi connectivity index (χ2v) is 13.3. The number of aliphatic hydroxyl groups is 3. The molecule has 224 valence electrons. The molecule has 9 heteroatoms. The standard InChI is InChI=1S/C32H42O9/c1-17-12-23-31(16-39-23,41-19(3)35)25-27(40-28(37)20-10-8-7-9-11-20)32(38)13-21(14-33)18(2)24(29(32,4)5)22(15-34)26(36)30(17,25)6/h7-11,17,21-23,25,27,33-34,38H,12-16H2,1-6H3/t17-,21+,22+,23+,25?,27-,30+,31-,32+/m0/s1. The molecule has 1 heterocycles. The van der Waals surface area contributed by atoms with E-state index in [1.807, 2.05) is 13.8 Å². The fraction of sp³-hybridized carbons (Fsp3) is 0.656. The normalized spacial score (nSPS) is 41.2. The van der Waals surface area contributed by atoms with E-state index in [1.54, 1.807) is 51.1 Å². The lowest BCUT2D eigenvalue weighted by Crippen LogP contribution is -2.80. The molecule has 9 atom stereocenters. The Morgan fingerprint density at radius 2 is 1.76 bits per heavy atom. The van der Waals surface area contributed by atoms with Gasteiger partial charge in [-0.15, -0.1) is 0 Å². The number of carbonyl (C=O) groups is 3. The highest BCUT2D eigenvalue weighted by Gasteiger charge is 2.77. The Bertz CT molecular complexity index is 1270. The van der Waals surface area contributed by atoms with Crippen molar-refractivity contribution in [2.24, 2.45) is 34.5 Å². The monoisotopic (exact) mass is 570 g/mol. The first kappa shape index (κ1) is 29.9. The highest BCUT2D eigenvalue weighted by atomic mass is 16.6. The molecule has 1 aromatic carbocycles. The zero-order valence-electron chi connectivity index (χ0n) is 24.7. The molecule has 2 bridgehead atoms. The number of esters is 2. The molecule has 0 amide bonds. The Morgan fingerprint density at radius 3 is 2.29 bits per heavy atom. The fourth-order valence-electron chi connectivity index (χ4n) is 8.69. The van der Waals surface area contributed by atoms with Crippen LogP contribution >= 0.6 is 0 Å². The van der Waals surface area contributed by atoms with E-state index in [1.165, 1.54) is 6.92 Å². The maximum atomic E-state index is 14.9. The summed E-state index contributed by atoms with van der Waals surface area (Å²) in [6, 6.07) is 8.41. The maximum Gasteiger partial charge on any atom is 0.338 e. The van der Waals surface area contributed by atoms with Crippen molar-refractivity contribution in [2.75, 3.05) is 19.8 Å². The van der Waals surface area contributed by atoms with E-state index in [4.69, 9.17) is 14.2 Å². The van der Waals surface area contributed by atoms with Crippen molar-refractivity contribution >= 4 is 17.7 Å². The average molecular weight is 571 g/mol. The van der Waals surface area contributed by atoms with Crippen LogP contribution in [0.2, 0.25) is 0 Å². The van der Waals surface area contributed by atoms with Gasteiger partial charge in [-0.2, -0.15) is 0 Å². The average Bonchev–Trinajstić information content (AvgIpc) is 2.92. The molecule has 4 aliphatic rings. The van der Waals surface area contributed by atoms with Crippen LogP contribution in [0.25, 0.3) is 0 Å². The largest absolute Gasteiger partial charge is 0.455 e. The molecule has 0 aromatic heterocycles. The molecule has 1 aromatic rings. The molecule has 1 unspecified atom stereocenters. The van der Waals surface area contributed by atoms with Crippen LogP contribution in [-0.4, -0.2) is 76.3 Å². The van der Waals surface area contributed by atoms with Gasteiger partial charge in [-0.1, -0.05) is 51.5 Å². The molecular formula is C32H42O9. The van der Waals surface area contributed by atoms with E-state index in [9.17, 15) is 29.7 Å². The quantitative estimate of drug-likeness (QED) is 0.360. The third kappa shape index (κ3) is 3.99. The van der Waals surface area contributed by atoms with Crippen molar-refractivity contribution in [3.8, 4) is 0 Å². The first-order valence-corrected chi connectivity index (χ1v) is 14.5. The molecule has 2 saturated carbocycles. The van der Waals surface area contributed by atoms with Gasteiger partial charge in [0, 0.05) is 30.3 Å². The van der Waals surface area contributed by atoms with Crippen LogP contribution < -0.4 is 0 Å². The summed E-state index contributed by atoms with van der Waals surface area (Å²) in [6.07, 6.45) is -1.46. The molecule has 3 aliphatic carbocycles. The summed E-state index contributed by atoms with van der Waals surface area (Å²) in [7, 11) is 0. The van der Waals surface area contributed by atoms with Crippen molar-refractivity contribution in [2.45, 2.75) is 77.8 Å². The van der Waals surface area contributed by atoms with Crippen LogP contribution in [0.3, 0.4) is 0 Å². The second kappa shape index (κ2) is 10.0. The topological polar surface area (TPSA) is 140 Å². The summed E-state index contributed by atoms with van der Waals surface area (Å²) in [5.74, 6) is -4.38. The van der Waals surface area contributed by atoms with Gasteiger partial charge < -0.3 is 29.5 Å². The summed E-state index contributed by atoms with van der Waals surface area (Å²) < 4.78 is 18.4. The summed E-state index contributed by atoms with van der Waals surface area (Å²) in [5, 5.41) is 34.3. The number of ether oxygens (including phenoxy) is 3. The maximum absolute atomic E-state index is 14.9. The number of carbonyl (C=O) groups excluding carboxylic acids is 3. The zero-order chi connectivity index (χ0) is 30.1. The van der Waals surface area contributed by atoms with Gasteiger partial charge in [-0.05, 0) is 43.4 Å². The van der Waals surface area contributed by atoms with Crippen LogP contribution in [0.4, 0.5) is 0 Å². The third-order valence-electron chi connectivity index (χ3n) is 11.1. The van der Waals surface area contributed by atoms with Crippen LogP contribution in [0, 0.1) is 34.5 Å². The van der Waals surface area contributed by atoms with Gasteiger partial charge in [0.15, 0.2) is 5.60 Å². The lowest BCUT2D eigenvalue weighted by Gasteiger charge is -2.68. The number of hydrogen-bond acceptors (Lipinski definition) is 9. The van der Waals surface area contributed by atoms with Gasteiger partial charge in [0.05, 0.1) is 30.6 Å². The van der Waals surface area contributed by atoms with Crippen molar-refractivity contribution < 1.29 is 43.9 Å².